The first-order valence-corrected chi connectivity index (χ1v) is 10.9. The number of methoxy groups -OCH3 is 1. The van der Waals surface area contributed by atoms with Gasteiger partial charge < -0.3 is 9.47 Å². The first-order chi connectivity index (χ1) is 15.8. The zero-order valence-corrected chi connectivity index (χ0v) is 18.1. The maximum absolute atomic E-state index is 5.89. The molecule has 2 aromatic carbocycles. The van der Waals surface area contributed by atoms with Crippen LogP contribution in [0.25, 0.3) is 10.9 Å². The summed E-state index contributed by atoms with van der Waals surface area (Å²) in [6.45, 7) is 3.23. The van der Waals surface area contributed by atoms with E-state index in [0.29, 0.717) is 6.61 Å². The van der Waals surface area contributed by atoms with Gasteiger partial charge in [0.2, 0.25) is 0 Å². The monoisotopic (exact) mass is 430 g/mol. The van der Waals surface area contributed by atoms with Gasteiger partial charge in [0.05, 0.1) is 18.7 Å². The van der Waals surface area contributed by atoms with Crippen molar-refractivity contribution in [2.75, 3.05) is 20.2 Å². The normalized spacial score (nSPS) is 15.2. The van der Waals surface area contributed by atoms with Crippen LogP contribution < -0.4 is 9.47 Å². The Labute approximate surface area is 186 Å². The van der Waals surface area contributed by atoms with E-state index in [1.54, 1.807) is 7.11 Å². The number of tetrazole rings is 1. The highest BCUT2D eigenvalue weighted by Crippen LogP contribution is 2.26. The quantitative estimate of drug-likeness (QED) is 0.443. The van der Waals surface area contributed by atoms with E-state index in [0.717, 1.165) is 55.3 Å². The molecule has 5 rings (SSSR count). The van der Waals surface area contributed by atoms with Crippen molar-refractivity contribution < 1.29 is 9.47 Å². The van der Waals surface area contributed by atoms with Gasteiger partial charge in [-0.1, -0.05) is 24.3 Å². The lowest BCUT2D eigenvalue weighted by Crippen LogP contribution is -2.35. The lowest BCUT2D eigenvalue weighted by molar-refractivity contribution is 0.166. The van der Waals surface area contributed by atoms with Crippen LogP contribution in [0.5, 0.6) is 11.5 Å². The molecule has 8 nitrogen and oxygen atoms in total. The van der Waals surface area contributed by atoms with Gasteiger partial charge in [0.15, 0.2) is 5.82 Å². The lowest BCUT2D eigenvalue weighted by atomic mass is 10.0. The number of hydrogen-bond acceptors (Lipinski definition) is 7. The van der Waals surface area contributed by atoms with E-state index >= 15 is 0 Å². The Morgan fingerprint density at radius 3 is 2.56 bits per heavy atom. The van der Waals surface area contributed by atoms with E-state index in [1.165, 1.54) is 10.9 Å². The molecule has 0 amide bonds. The Morgan fingerprint density at radius 2 is 1.75 bits per heavy atom. The van der Waals surface area contributed by atoms with Gasteiger partial charge in [-0.25, -0.2) is 4.68 Å². The number of likely N-dealkylation sites (tertiary alicyclic amines) is 1. The summed E-state index contributed by atoms with van der Waals surface area (Å²) in [5.74, 6) is 2.31. The van der Waals surface area contributed by atoms with E-state index < -0.39 is 0 Å². The highest BCUT2D eigenvalue weighted by Gasteiger charge is 2.24. The smallest absolute Gasteiger partial charge is 0.189 e. The molecule has 32 heavy (non-hydrogen) atoms. The van der Waals surface area contributed by atoms with Gasteiger partial charge in [-0.05, 0) is 59.2 Å². The molecule has 0 saturated carbocycles. The maximum Gasteiger partial charge on any atom is 0.189 e. The van der Waals surface area contributed by atoms with Gasteiger partial charge in [-0.15, -0.1) is 5.10 Å². The number of hydrogen-bond donors (Lipinski definition) is 0. The predicted molar refractivity (Wildman–Crippen MR) is 120 cm³/mol. The molecule has 2 aromatic heterocycles. The Balaban J connectivity index is 1.19. The number of benzene rings is 2. The molecule has 8 heteroatoms. The molecule has 1 aliphatic rings. The number of ether oxygens (including phenoxy) is 2. The molecular formula is C24H26N6O2. The van der Waals surface area contributed by atoms with Crippen LogP contribution in [0.4, 0.5) is 0 Å². The number of pyridine rings is 1. The van der Waals surface area contributed by atoms with Gasteiger partial charge >= 0.3 is 0 Å². The van der Waals surface area contributed by atoms with Crippen LogP contribution in [0.1, 0.15) is 30.3 Å². The number of rotatable bonds is 7. The highest BCUT2D eigenvalue weighted by atomic mass is 16.5. The molecule has 0 radical (unpaired) electrons. The third-order valence-electron chi connectivity index (χ3n) is 6.00. The summed E-state index contributed by atoms with van der Waals surface area (Å²) in [6, 6.07) is 18.3. The summed E-state index contributed by atoms with van der Waals surface area (Å²) in [6.07, 6.45) is 3.86. The van der Waals surface area contributed by atoms with E-state index in [1.807, 2.05) is 41.2 Å². The van der Waals surface area contributed by atoms with Gasteiger partial charge in [0.25, 0.3) is 0 Å². The van der Waals surface area contributed by atoms with Crippen LogP contribution in [0.2, 0.25) is 0 Å². The SMILES string of the molecule is COc1ccc(OCc2nnnn2C2CCN(Cc3cccc4cccnc34)CC2)cc1. The minimum atomic E-state index is 0.279. The largest absolute Gasteiger partial charge is 0.497 e. The average molecular weight is 431 g/mol. The molecule has 1 fully saturated rings. The minimum Gasteiger partial charge on any atom is -0.497 e. The van der Waals surface area contributed by atoms with Crippen molar-refractivity contribution in [2.24, 2.45) is 0 Å². The third kappa shape index (κ3) is 4.40. The molecule has 0 N–H and O–H groups in total. The molecule has 3 heterocycles. The summed E-state index contributed by atoms with van der Waals surface area (Å²) in [7, 11) is 1.65. The summed E-state index contributed by atoms with van der Waals surface area (Å²) in [5, 5.41) is 13.5. The summed E-state index contributed by atoms with van der Waals surface area (Å²) < 4.78 is 13.0. The van der Waals surface area contributed by atoms with E-state index in [-0.39, 0.29) is 6.04 Å². The van der Waals surface area contributed by atoms with Crippen LogP contribution in [0.3, 0.4) is 0 Å². The first kappa shape index (κ1) is 20.4. The average Bonchev–Trinajstić information content (AvgIpc) is 3.32. The van der Waals surface area contributed by atoms with Crippen LogP contribution in [0.15, 0.2) is 60.8 Å². The molecule has 164 valence electrons. The molecule has 0 bridgehead atoms. The van der Waals surface area contributed by atoms with Crippen LogP contribution in [0, 0.1) is 0 Å². The second-order valence-electron chi connectivity index (χ2n) is 8.00. The number of aromatic nitrogens is 5. The molecule has 0 atom stereocenters. The molecule has 1 saturated heterocycles. The van der Waals surface area contributed by atoms with Gasteiger partial charge in [0.1, 0.15) is 18.1 Å². The number of nitrogens with zero attached hydrogens (tertiary/aromatic N) is 6. The van der Waals surface area contributed by atoms with E-state index in [9.17, 15) is 0 Å². The van der Waals surface area contributed by atoms with Crippen molar-refractivity contribution >= 4 is 10.9 Å². The third-order valence-corrected chi connectivity index (χ3v) is 6.00. The highest BCUT2D eigenvalue weighted by molar-refractivity contribution is 5.81. The standard InChI is InChI=1S/C24H26N6O2/c1-31-21-7-9-22(10-8-21)32-17-23-26-27-28-30(23)20-11-14-29(15-12-20)16-19-5-2-4-18-6-3-13-25-24(18)19/h2-10,13,20H,11-12,14-17H2,1H3. The molecular weight excluding hydrogens is 404 g/mol. The summed E-state index contributed by atoms with van der Waals surface area (Å²) >= 11 is 0. The van der Waals surface area contributed by atoms with Gasteiger partial charge in [-0.2, -0.15) is 0 Å². The Hall–Kier alpha value is -3.52. The minimum absolute atomic E-state index is 0.279. The molecule has 4 aromatic rings. The van der Waals surface area contributed by atoms with Crippen molar-refractivity contribution in [1.82, 2.24) is 30.1 Å². The fourth-order valence-electron chi connectivity index (χ4n) is 4.27. The zero-order chi connectivity index (χ0) is 21.8. The summed E-state index contributed by atoms with van der Waals surface area (Å²) in [4.78, 5) is 7.07. The van der Waals surface area contributed by atoms with Crippen LogP contribution >= 0.6 is 0 Å². The fourth-order valence-corrected chi connectivity index (χ4v) is 4.27. The van der Waals surface area contributed by atoms with Crippen molar-refractivity contribution in [1.29, 1.82) is 0 Å². The first-order valence-electron chi connectivity index (χ1n) is 10.9. The van der Waals surface area contributed by atoms with Gasteiger partial charge in [-0.3, -0.25) is 9.88 Å². The second kappa shape index (κ2) is 9.32. The van der Waals surface area contributed by atoms with E-state index in [2.05, 4.69) is 49.7 Å². The van der Waals surface area contributed by atoms with Crippen LogP contribution in [-0.2, 0) is 13.2 Å². The Kier molecular flexibility index (Phi) is 5.93. The molecule has 1 aliphatic heterocycles. The van der Waals surface area contributed by atoms with Crippen molar-refractivity contribution in [2.45, 2.75) is 32.0 Å². The maximum atomic E-state index is 5.89. The Bertz CT molecular complexity index is 1160. The summed E-state index contributed by atoms with van der Waals surface area (Å²) in [5.41, 5.74) is 2.37. The topological polar surface area (TPSA) is 78.2 Å². The van der Waals surface area contributed by atoms with Crippen LogP contribution in [-0.4, -0.2) is 50.3 Å². The second-order valence-corrected chi connectivity index (χ2v) is 8.00. The molecule has 0 spiro atoms. The molecule has 0 unspecified atom stereocenters. The van der Waals surface area contributed by atoms with Crippen molar-refractivity contribution in [3.8, 4) is 11.5 Å². The number of fused-ring (bicyclic) bond motifs is 1. The van der Waals surface area contributed by atoms with Crippen molar-refractivity contribution in [3.63, 3.8) is 0 Å². The molecule has 0 aliphatic carbocycles. The zero-order valence-electron chi connectivity index (χ0n) is 18.1. The van der Waals surface area contributed by atoms with Crippen molar-refractivity contribution in [3.05, 3.63) is 72.2 Å². The number of para-hydroxylation sites is 1. The fraction of sp³-hybridized carbons (Fsp3) is 0.333. The number of piperidine rings is 1. The van der Waals surface area contributed by atoms with Gasteiger partial charge in [0, 0.05) is 31.2 Å². The van der Waals surface area contributed by atoms with E-state index in [4.69, 9.17) is 9.47 Å². The Morgan fingerprint density at radius 1 is 0.969 bits per heavy atom. The lowest BCUT2D eigenvalue weighted by Gasteiger charge is -2.32. The predicted octanol–water partition coefficient (Wildman–Crippen LogP) is 3.65.